The Balaban J connectivity index is 1.60. The molecule has 1 aromatic heterocycles. The van der Waals surface area contributed by atoms with Gasteiger partial charge in [-0.2, -0.15) is 15.2 Å². The van der Waals surface area contributed by atoms with Gasteiger partial charge in [0.2, 0.25) is 0 Å². The van der Waals surface area contributed by atoms with E-state index in [9.17, 15) is 9.18 Å². The van der Waals surface area contributed by atoms with Crippen LogP contribution in [0.5, 0.6) is 5.75 Å². The third kappa shape index (κ3) is 4.89. The summed E-state index contributed by atoms with van der Waals surface area (Å²) in [7, 11) is 0. The van der Waals surface area contributed by atoms with Crippen LogP contribution >= 0.6 is 11.6 Å². The van der Waals surface area contributed by atoms with Gasteiger partial charge in [0.15, 0.2) is 5.82 Å². The van der Waals surface area contributed by atoms with Crippen molar-refractivity contribution in [2.24, 2.45) is 5.10 Å². The van der Waals surface area contributed by atoms with E-state index in [2.05, 4.69) is 25.7 Å². The van der Waals surface area contributed by atoms with Crippen molar-refractivity contribution in [3.05, 3.63) is 80.6 Å². The number of aromatic nitrogens is 3. The molecule has 0 spiro atoms. The van der Waals surface area contributed by atoms with Crippen LogP contribution in [0.1, 0.15) is 16.8 Å². The van der Waals surface area contributed by atoms with Gasteiger partial charge < -0.3 is 4.74 Å². The van der Waals surface area contributed by atoms with Crippen molar-refractivity contribution in [3.8, 4) is 5.75 Å². The molecule has 0 atom stereocenters. The van der Waals surface area contributed by atoms with Gasteiger partial charge in [-0.05, 0) is 48.9 Å². The topological polar surface area (TPSA) is 92.3 Å². The molecule has 2 aromatic carbocycles. The molecule has 9 heteroatoms. The van der Waals surface area contributed by atoms with Crippen LogP contribution in [-0.2, 0) is 6.61 Å². The second-order valence-electron chi connectivity index (χ2n) is 5.50. The first-order valence-electron chi connectivity index (χ1n) is 7.91. The van der Waals surface area contributed by atoms with Crippen LogP contribution in [-0.4, -0.2) is 21.4 Å². The molecule has 3 rings (SSSR count). The molecule has 138 valence electrons. The summed E-state index contributed by atoms with van der Waals surface area (Å²) in [5.74, 6) is 0.433. The number of benzene rings is 2. The second-order valence-corrected chi connectivity index (χ2v) is 5.91. The number of aryl methyl sites for hydroxylation is 1. The summed E-state index contributed by atoms with van der Waals surface area (Å²) in [6, 6.07) is 11.5. The summed E-state index contributed by atoms with van der Waals surface area (Å²) in [4.78, 5) is 14.9. The highest BCUT2D eigenvalue weighted by molar-refractivity contribution is 6.31. The number of hydrogen-bond donors (Lipinski definition) is 2. The molecule has 0 radical (unpaired) electrons. The molecule has 0 unspecified atom stereocenters. The second kappa shape index (κ2) is 8.41. The molecule has 0 aliphatic heterocycles. The van der Waals surface area contributed by atoms with Crippen LogP contribution in [0.3, 0.4) is 0 Å². The fourth-order valence-electron chi connectivity index (χ4n) is 2.14. The van der Waals surface area contributed by atoms with E-state index in [0.717, 1.165) is 5.56 Å². The van der Waals surface area contributed by atoms with Gasteiger partial charge in [0, 0.05) is 5.56 Å². The summed E-state index contributed by atoms with van der Waals surface area (Å²) >= 11 is 5.97. The minimum atomic E-state index is -0.560. The van der Waals surface area contributed by atoms with Crippen LogP contribution in [0.4, 0.5) is 10.2 Å². The first kappa shape index (κ1) is 18.5. The highest BCUT2D eigenvalue weighted by Crippen LogP contribution is 2.21. The zero-order chi connectivity index (χ0) is 19.2. The highest BCUT2D eigenvalue weighted by atomic mass is 35.5. The number of halogens is 2. The number of nitrogens with zero attached hydrogens (tertiary/aromatic N) is 3. The maximum atomic E-state index is 13.7. The highest BCUT2D eigenvalue weighted by Gasteiger charge is 2.07. The molecule has 0 saturated carbocycles. The number of aromatic amines is 1. The van der Waals surface area contributed by atoms with Crippen molar-refractivity contribution in [1.29, 1.82) is 0 Å². The number of hydrazone groups is 1. The predicted molar refractivity (Wildman–Crippen MR) is 101 cm³/mol. The van der Waals surface area contributed by atoms with E-state index < -0.39 is 11.5 Å². The smallest absolute Gasteiger partial charge is 0.363 e. The van der Waals surface area contributed by atoms with Crippen molar-refractivity contribution < 1.29 is 9.13 Å². The minimum absolute atomic E-state index is 0.0288. The number of H-pyrrole nitrogens is 1. The molecule has 0 aliphatic carbocycles. The molecule has 7 nitrogen and oxygen atoms in total. The molecule has 1 heterocycles. The molecular formula is C18H15ClFN5O2. The Hall–Kier alpha value is -3.26. The van der Waals surface area contributed by atoms with E-state index in [1.54, 1.807) is 49.5 Å². The van der Waals surface area contributed by atoms with Crippen LogP contribution in [0, 0.1) is 12.7 Å². The maximum absolute atomic E-state index is 13.7. The molecule has 0 amide bonds. The molecular weight excluding hydrogens is 373 g/mol. The predicted octanol–water partition coefficient (Wildman–Crippen LogP) is 3.29. The van der Waals surface area contributed by atoms with Gasteiger partial charge in [0.1, 0.15) is 23.9 Å². The first-order valence-corrected chi connectivity index (χ1v) is 8.29. The van der Waals surface area contributed by atoms with Gasteiger partial charge >= 0.3 is 5.69 Å². The molecule has 0 saturated heterocycles. The van der Waals surface area contributed by atoms with Crippen molar-refractivity contribution >= 4 is 23.6 Å². The molecule has 0 fully saturated rings. The minimum Gasteiger partial charge on any atom is -0.489 e. The Bertz CT molecular complexity index is 1000. The van der Waals surface area contributed by atoms with Crippen molar-refractivity contribution in [2.75, 3.05) is 5.43 Å². The van der Waals surface area contributed by atoms with Gasteiger partial charge in [-0.1, -0.05) is 17.7 Å². The lowest BCUT2D eigenvalue weighted by atomic mass is 10.2. The van der Waals surface area contributed by atoms with Gasteiger partial charge in [-0.15, -0.1) is 0 Å². The number of anilines is 1. The number of rotatable bonds is 6. The summed E-state index contributed by atoms with van der Waals surface area (Å²) in [6.07, 6.45) is 1.56. The van der Waals surface area contributed by atoms with Crippen molar-refractivity contribution in [2.45, 2.75) is 13.5 Å². The zero-order valence-electron chi connectivity index (χ0n) is 14.2. The summed E-state index contributed by atoms with van der Waals surface area (Å²) in [5, 5.41) is 10.4. The molecule has 0 aliphatic rings. The Morgan fingerprint density at radius 2 is 2.07 bits per heavy atom. The third-order valence-corrected chi connectivity index (χ3v) is 3.94. The molecule has 27 heavy (non-hydrogen) atoms. The fourth-order valence-corrected chi connectivity index (χ4v) is 2.36. The Labute approximate surface area is 158 Å². The standard InChI is InChI=1S/C18H15ClFN5O2/c1-11-17(22-18(26)25-23-11)24-21-9-12-5-7-13(8-6-12)27-10-14-15(19)3-2-4-16(14)20/h2-9H,10H2,1H3,(H2,22,24,25,26). The van der Waals surface area contributed by atoms with E-state index in [-0.39, 0.29) is 12.4 Å². The molecule has 2 N–H and O–H groups in total. The molecule has 3 aromatic rings. The summed E-state index contributed by atoms with van der Waals surface area (Å²) < 4.78 is 19.3. The van der Waals surface area contributed by atoms with E-state index in [1.807, 2.05) is 0 Å². The molecule has 0 bridgehead atoms. The quantitative estimate of drug-likeness (QED) is 0.500. The van der Waals surface area contributed by atoms with Gasteiger partial charge in [0.25, 0.3) is 0 Å². The van der Waals surface area contributed by atoms with Crippen LogP contribution in [0.15, 0.2) is 52.4 Å². The van der Waals surface area contributed by atoms with E-state index in [0.29, 0.717) is 22.0 Å². The zero-order valence-corrected chi connectivity index (χ0v) is 15.0. The van der Waals surface area contributed by atoms with Gasteiger partial charge in [-0.3, -0.25) is 5.43 Å². The Morgan fingerprint density at radius 1 is 1.30 bits per heavy atom. The van der Waals surface area contributed by atoms with E-state index in [4.69, 9.17) is 16.3 Å². The van der Waals surface area contributed by atoms with Crippen LogP contribution < -0.4 is 15.9 Å². The van der Waals surface area contributed by atoms with Crippen molar-refractivity contribution in [3.63, 3.8) is 0 Å². The SMILES string of the molecule is Cc1n[nH]c(=O)nc1NN=Cc1ccc(OCc2c(F)cccc2Cl)cc1. The first-order chi connectivity index (χ1) is 13.0. The van der Waals surface area contributed by atoms with Crippen molar-refractivity contribution in [1.82, 2.24) is 15.2 Å². The van der Waals surface area contributed by atoms with Crippen LogP contribution in [0.25, 0.3) is 0 Å². The number of nitrogens with one attached hydrogen (secondary N) is 2. The third-order valence-electron chi connectivity index (χ3n) is 3.58. The largest absolute Gasteiger partial charge is 0.489 e. The lowest BCUT2D eigenvalue weighted by Gasteiger charge is -2.09. The summed E-state index contributed by atoms with van der Waals surface area (Å²) in [5.41, 5.74) is 3.71. The van der Waals surface area contributed by atoms with Crippen LogP contribution in [0.2, 0.25) is 5.02 Å². The summed E-state index contributed by atoms with van der Waals surface area (Å²) in [6.45, 7) is 1.72. The Morgan fingerprint density at radius 3 is 2.81 bits per heavy atom. The van der Waals surface area contributed by atoms with E-state index in [1.165, 1.54) is 6.07 Å². The van der Waals surface area contributed by atoms with Gasteiger partial charge in [-0.25, -0.2) is 14.3 Å². The Kier molecular flexibility index (Phi) is 5.77. The number of ether oxygens (including phenoxy) is 1. The monoisotopic (exact) mass is 387 g/mol. The number of hydrogen-bond acceptors (Lipinski definition) is 6. The van der Waals surface area contributed by atoms with E-state index >= 15 is 0 Å². The average molecular weight is 388 g/mol. The fraction of sp³-hybridized carbons (Fsp3) is 0.111. The lowest BCUT2D eigenvalue weighted by molar-refractivity contribution is 0.300. The lowest BCUT2D eigenvalue weighted by Crippen LogP contribution is -2.15. The maximum Gasteiger partial charge on any atom is 0.363 e. The normalized spacial score (nSPS) is 10.9. The average Bonchev–Trinajstić information content (AvgIpc) is 2.65. The van der Waals surface area contributed by atoms with Gasteiger partial charge in [0.05, 0.1) is 11.2 Å².